The van der Waals surface area contributed by atoms with Gasteiger partial charge in [-0.15, -0.1) is 0 Å². The van der Waals surface area contributed by atoms with Crippen LogP contribution in [0.5, 0.6) is 0 Å². The van der Waals surface area contributed by atoms with Crippen LogP contribution in [-0.2, 0) is 13.5 Å². The van der Waals surface area contributed by atoms with Gasteiger partial charge in [0.25, 0.3) is 0 Å². The molecule has 0 spiro atoms. The van der Waals surface area contributed by atoms with E-state index in [1.807, 2.05) is 36.1 Å². The Bertz CT molecular complexity index is 681. The van der Waals surface area contributed by atoms with Gasteiger partial charge in [-0.1, -0.05) is 18.2 Å². The van der Waals surface area contributed by atoms with Gasteiger partial charge in [0, 0.05) is 36.1 Å². The van der Waals surface area contributed by atoms with E-state index in [-0.39, 0.29) is 6.61 Å². The Morgan fingerprint density at radius 3 is 3.00 bits per heavy atom. The van der Waals surface area contributed by atoms with E-state index >= 15 is 0 Å². The quantitative estimate of drug-likeness (QED) is 0.738. The Hall–Kier alpha value is -2.07. The standard InChI is InChI=1S/C14H15N3O/c1-17-13(9-16-14(17)6-7-18)11-8-15-12-5-3-2-4-10(11)12/h2-5,8-9,15,18H,6-7H2,1H3. The molecule has 0 unspecified atom stereocenters. The Kier molecular flexibility index (Phi) is 2.64. The van der Waals surface area contributed by atoms with Crippen molar-refractivity contribution < 1.29 is 5.11 Å². The molecule has 0 atom stereocenters. The van der Waals surface area contributed by atoms with Gasteiger partial charge in [0.2, 0.25) is 0 Å². The number of aliphatic hydroxyl groups excluding tert-OH is 1. The summed E-state index contributed by atoms with van der Waals surface area (Å²) in [5.41, 5.74) is 3.33. The first-order chi connectivity index (χ1) is 8.81. The minimum Gasteiger partial charge on any atom is -0.396 e. The van der Waals surface area contributed by atoms with Crippen LogP contribution in [0.2, 0.25) is 0 Å². The summed E-state index contributed by atoms with van der Waals surface area (Å²) in [4.78, 5) is 7.62. The zero-order valence-electron chi connectivity index (χ0n) is 10.2. The summed E-state index contributed by atoms with van der Waals surface area (Å²) < 4.78 is 2.03. The predicted octanol–water partition coefficient (Wildman–Crippen LogP) is 2.10. The van der Waals surface area contributed by atoms with Crippen molar-refractivity contribution in [3.63, 3.8) is 0 Å². The van der Waals surface area contributed by atoms with Gasteiger partial charge in [0.05, 0.1) is 18.5 Å². The van der Waals surface area contributed by atoms with Crippen molar-refractivity contribution in [2.45, 2.75) is 6.42 Å². The SMILES string of the molecule is Cn1c(-c2c[nH]c3ccccc23)cnc1CCO. The molecule has 3 aromatic rings. The van der Waals surface area contributed by atoms with Gasteiger partial charge in [-0.25, -0.2) is 4.98 Å². The molecule has 4 nitrogen and oxygen atoms in total. The number of imidazole rings is 1. The minimum atomic E-state index is 0.123. The fourth-order valence-corrected chi connectivity index (χ4v) is 2.31. The van der Waals surface area contributed by atoms with Crippen molar-refractivity contribution in [1.29, 1.82) is 0 Å². The molecule has 0 bridgehead atoms. The van der Waals surface area contributed by atoms with Crippen LogP contribution in [0.25, 0.3) is 22.2 Å². The van der Waals surface area contributed by atoms with Crippen molar-refractivity contribution in [1.82, 2.24) is 14.5 Å². The fraction of sp³-hybridized carbons (Fsp3) is 0.214. The number of aromatic amines is 1. The van der Waals surface area contributed by atoms with E-state index in [1.165, 1.54) is 5.39 Å². The first-order valence-corrected chi connectivity index (χ1v) is 5.99. The number of aromatic nitrogens is 3. The van der Waals surface area contributed by atoms with E-state index in [1.54, 1.807) is 0 Å². The second-order valence-corrected chi connectivity index (χ2v) is 4.34. The maximum Gasteiger partial charge on any atom is 0.111 e. The molecule has 0 fully saturated rings. The molecule has 2 aromatic heterocycles. The minimum absolute atomic E-state index is 0.123. The molecule has 0 amide bonds. The molecule has 1 aromatic carbocycles. The van der Waals surface area contributed by atoms with E-state index in [0.717, 1.165) is 22.6 Å². The molecule has 0 saturated heterocycles. The van der Waals surface area contributed by atoms with Crippen LogP contribution in [0.4, 0.5) is 0 Å². The first-order valence-electron chi connectivity index (χ1n) is 5.99. The Morgan fingerprint density at radius 2 is 2.17 bits per heavy atom. The van der Waals surface area contributed by atoms with Crippen LogP contribution >= 0.6 is 0 Å². The molecule has 92 valence electrons. The number of aliphatic hydroxyl groups is 1. The lowest BCUT2D eigenvalue weighted by atomic mass is 10.1. The number of hydrogen-bond acceptors (Lipinski definition) is 2. The summed E-state index contributed by atoms with van der Waals surface area (Å²) in [6.07, 6.45) is 4.45. The summed E-state index contributed by atoms with van der Waals surface area (Å²) in [5, 5.41) is 10.2. The average Bonchev–Trinajstić information content (AvgIpc) is 2.95. The maximum atomic E-state index is 9.00. The normalized spacial score (nSPS) is 11.2. The lowest BCUT2D eigenvalue weighted by Gasteiger charge is -2.04. The van der Waals surface area contributed by atoms with E-state index < -0.39 is 0 Å². The molecular weight excluding hydrogens is 226 g/mol. The summed E-state index contributed by atoms with van der Waals surface area (Å²) in [6, 6.07) is 8.21. The third-order valence-electron chi connectivity index (χ3n) is 3.28. The molecule has 3 rings (SSSR count). The fourth-order valence-electron chi connectivity index (χ4n) is 2.31. The summed E-state index contributed by atoms with van der Waals surface area (Å²) >= 11 is 0. The number of benzene rings is 1. The van der Waals surface area contributed by atoms with Crippen LogP contribution in [-0.4, -0.2) is 26.2 Å². The Morgan fingerprint density at radius 1 is 1.33 bits per heavy atom. The molecule has 0 radical (unpaired) electrons. The molecular formula is C14H15N3O. The van der Waals surface area contributed by atoms with Crippen molar-refractivity contribution >= 4 is 10.9 Å². The van der Waals surface area contributed by atoms with Crippen molar-refractivity contribution in [2.24, 2.45) is 7.05 Å². The van der Waals surface area contributed by atoms with E-state index in [4.69, 9.17) is 5.11 Å². The highest BCUT2D eigenvalue weighted by atomic mass is 16.3. The number of nitrogens with zero attached hydrogens (tertiary/aromatic N) is 2. The highest BCUT2D eigenvalue weighted by molar-refractivity contribution is 5.94. The van der Waals surface area contributed by atoms with Crippen LogP contribution in [0.15, 0.2) is 36.7 Å². The van der Waals surface area contributed by atoms with Gasteiger partial charge in [0.1, 0.15) is 5.82 Å². The molecule has 4 heteroatoms. The van der Waals surface area contributed by atoms with Gasteiger partial charge in [-0.3, -0.25) is 0 Å². The Labute approximate surface area is 105 Å². The van der Waals surface area contributed by atoms with Crippen molar-refractivity contribution in [3.05, 3.63) is 42.5 Å². The third-order valence-corrected chi connectivity index (χ3v) is 3.28. The molecule has 0 aliphatic rings. The molecule has 0 saturated carbocycles. The van der Waals surface area contributed by atoms with Gasteiger partial charge in [-0.2, -0.15) is 0 Å². The monoisotopic (exact) mass is 241 g/mol. The highest BCUT2D eigenvalue weighted by Crippen LogP contribution is 2.28. The summed E-state index contributed by atoms with van der Waals surface area (Å²) in [7, 11) is 1.98. The van der Waals surface area contributed by atoms with Crippen molar-refractivity contribution in [2.75, 3.05) is 6.61 Å². The Balaban J connectivity index is 2.15. The molecule has 0 aliphatic heterocycles. The number of H-pyrrole nitrogens is 1. The lowest BCUT2D eigenvalue weighted by molar-refractivity contribution is 0.295. The van der Waals surface area contributed by atoms with Crippen LogP contribution in [0, 0.1) is 0 Å². The van der Waals surface area contributed by atoms with Gasteiger partial charge in [-0.05, 0) is 6.07 Å². The third kappa shape index (κ3) is 1.62. The maximum absolute atomic E-state index is 9.00. The number of rotatable bonds is 3. The topological polar surface area (TPSA) is 53.8 Å². The largest absolute Gasteiger partial charge is 0.396 e. The van der Waals surface area contributed by atoms with Gasteiger partial charge < -0.3 is 14.7 Å². The van der Waals surface area contributed by atoms with E-state index in [2.05, 4.69) is 22.1 Å². The average molecular weight is 241 g/mol. The van der Waals surface area contributed by atoms with Crippen LogP contribution < -0.4 is 0 Å². The molecule has 0 aliphatic carbocycles. The summed E-state index contributed by atoms with van der Waals surface area (Å²) in [5.74, 6) is 0.901. The van der Waals surface area contributed by atoms with E-state index in [9.17, 15) is 0 Å². The number of hydrogen-bond donors (Lipinski definition) is 2. The lowest BCUT2D eigenvalue weighted by Crippen LogP contribution is -2.01. The predicted molar refractivity (Wildman–Crippen MR) is 71.3 cm³/mol. The number of para-hydroxylation sites is 1. The van der Waals surface area contributed by atoms with Crippen molar-refractivity contribution in [3.8, 4) is 11.3 Å². The summed E-state index contributed by atoms with van der Waals surface area (Å²) in [6.45, 7) is 0.123. The molecule has 2 N–H and O–H groups in total. The van der Waals surface area contributed by atoms with Gasteiger partial charge >= 0.3 is 0 Å². The van der Waals surface area contributed by atoms with Crippen LogP contribution in [0.1, 0.15) is 5.82 Å². The second-order valence-electron chi connectivity index (χ2n) is 4.34. The zero-order valence-corrected chi connectivity index (χ0v) is 10.2. The number of fused-ring (bicyclic) bond motifs is 1. The second kappa shape index (κ2) is 4.31. The van der Waals surface area contributed by atoms with Crippen LogP contribution in [0.3, 0.4) is 0 Å². The molecule has 18 heavy (non-hydrogen) atoms. The smallest absolute Gasteiger partial charge is 0.111 e. The van der Waals surface area contributed by atoms with E-state index in [0.29, 0.717) is 6.42 Å². The first kappa shape index (κ1) is 11.0. The molecule has 2 heterocycles. The number of nitrogens with one attached hydrogen (secondary N) is 1. The van der Waals surface area contributed by atoms with Gasteiger partial charge in [0.15, 0.2) is 0 Å². The zero-order chi connectivity index (χ0) is 12.5. The highest BCUT2D eigenvalue weighted by Gasteiger charge is 2.11.